The van der Waals surface area contributed by atoms with Gasteiger partial charge < -0.3 is 15.4 Å². The average Bonchev–Trinajstić information content (AvgIpc) is 2.59. The lowest BCUT2D eigenvalue weighted by atomic mass is 9.90. The standard InChI is InChI=1S/C19H25N3O4/c1-13(2)19(4,12-20)22-17(24)11-26-18(25)10-16(21-14(3)23)15-8-6-5-7-9-15/h5-9,13,16H,10-11H2,1-4H3,(H,21,23)(H,22,24)/t16-,19+/m1/s1. The SMILES string of the molecule is CC(=O)N[C@H](CC(=O)OCC(=O)N[C@@](C)(C#N)C(C)C)c1ccccc1. The number of nitriles is 1. The maximum absolute atomic E-state index is 12.1. The van der Waals surface area contributed by atoms with Crippen molar-refractivity contribution in [1.29, 1.82) is 5.26 Å². The highest BCUT2D eigenvalue weighted by atomic mass is 16.5. The lowest BCUT2D eigenvalue weighted by Crippen LogP contribution is -2.50. The molecular weight excluding hydrogens is 334 g/mol. The van der Waals surface area contributed by atoms with Crippen molar-refractivity contribution >= 4 is 17.8 Å². The molecule has 0 saturated carbocycles. The molecule has 0 unspecified atom stereocenters. The minimum Gasteiger partial charge on any atom is -0.456 e. The largest absolute Gasteiger partial charge is 0.456 e. The zero-order chi connectivity index (χ0) is 19.7. The van der Waals surface area contributed by atoms with Crippen molar-refractivity contribution in [1.82, 2.24) is 10.6 Å². The zero-order valence-corrected chi connectivity index (χ0v) is 15.5. The first-order valence-electron chi connectivity index (χ1n) is 8.38. The number of ether oxygens (including phenoxy) is 1. The molecule has 0 saturated heterocycles. The van der Waals surface area contributed by atoms with Gasteiger partial charge in [-0.25, -0.2) is 0 Å². The average molecular weight is 359 g/mol. The van der Waals surface area contributed by atoms with Gasteiger partial charge in [-0.3, -0.25) is 14.4 Å². The summed E-state index contributed by atoms with van der Waals surface area (Å²) in [5.74, 6) is -1.54. The first kappa shape index (κ1) is 21.2. The van der Waals surface area contributed by atoms with Crippen molar-refractivity contribution in [3.8, 4) is 6.07 Å². The molecule has 0 fully saturated rings. The van der Waals surface area contributed by atoms with E-state index < -0.39 is 30.1 Å². The summed E-state index contributed by atoms with van der Waals surface area (Å²) >= 11 is 0. The molecule has 0 aliphatic heterocycles. The van der Waals surface area contributed by atoms with Gasteiger partial charge in [-0.15, -0.1) is 0 Å². The van der Waals surface area contributed by atoms with E-state index >= 15 is 0 Å². The molecule has 26 heavy (non-hydrogen) atoms. The normalized spacial score (nSPS) is 13.8. The maximum atomic E-state index is 12.1. The van der Waals surface area contributed by atoms with Crippen LogP contribution in [0.5, 0.6) is 0 Å². The van der Waals surface area contributed by atoms with Crippen LogP contribution in [0, 0.1) is 17.2 Å². The minimum atomic E-state index is -1.04. The number of nitrogens with zero attached hydrogens (tertiary/aromatic N) is 1. The summed E-state index contributed by atoms with van der Waals surface area (Å²) in [4.78, 5) is 35.4. The lowest BCUT2D eigenvalue weighted by Gasteiger charge is -2.27. The van der Waals surface area contributed by atoms with E-state index in [2.05, 4.69) is 16.7 Å². The molecule has 0 aromatic heterocycles. The van der Waals surface area contributed by atoms with E-state index in [9.17, 15) is 19.6 Å². The van der Waals surface area contributed by atoms with E-state index in [0.717, 1.165) is 5.56 Å². The van der Waals surface area contributed by atoms with Crippen LogP contribution in [0.15, 0.2) is 30.3 Å². The number of benzene rings is 1. The molecule has 2 atom stereocenters. The molecule has 1 aromatic rings. The molecule has 0 aliphatic carbocycles. The van der Waals surface area contributed by atoms with Gasteiger partial charge in [-0.05, 0) is 18.4 Å². The van der Waals surface area contributed by atoms with Crippen LogP contribution in [0.2, 0.25) is 0 Å². The van der Waals surface area contributed by atoms with Crippen LogP contribution in [-0.2, 0) is 19.1 Å². The lowest BCUT2D eigenvalue weighted by molar-refractivity contribution is -0.149. The van der Waals surface area contributed by atoms with Gasteiger partial charge in [0.2, 0.25) is 5.91 Å². The van der Waals surface area contributed by atoms with Crippen LogP contribution < -0.4 is 10.6 Å². The quantitative estimate of drug-likeness (QED) is 0.689. The molecule has 140 valence electrons. The van der Waals surface area contributed by atoms with Gasteiger partial charge in [0.1, 0.15) is 5.54 Å². The molecule has 0 bridgehead atoms. The third-order valence-corrected chi connectivity index (χ3v) is 4.10. The second-order valence-electron chi connectivity index (χ2n) is 6.55. The maximum Gasteiger partial charge on any atom is 0.308 e. The summed E-state index contributed by atoms with van der Waals surface area (Å²) in [5.41, 5.74) is -0.271. The summed E-state index contributed by atoms with van der Waals surface area (Å²) in [7, 11) is 0. The van der Waals surface area contributed by atoms with Crippen molar-refractivity contribution in [3.63, 3.8) is 0 Å². The number of rotatable bonds is 8. The van der Waals surface area contributed by atoms with Crippen molar-refractivity contribution in [2.24, 2.45) is 5.92 Å². The zero-order valence-electron chi connectivity index (χ0n) is 15.5. The third-order valence-electron chi connectivity index (χ3n) is 4.10. The van der Waals surface area contributed by atoms with E-state index in [1.165, 1.54) is 6.92 Å². The number of hydrogen-bond donors (Lipinski definition) is 2. The van der Waals surface area contributed by atoms with E-state index in [4.69, 9.17) is 4.74 Å². The minimum absolute atomic E-state index is 0.101. The van der Waals surface area contributed by atoms with Gasteiger partial charge in [0.15, 0.2) is 6.61 Å². The van der Waals surface area contributed by atoms with Gasteiger partial charge >= 0.3 is 5.97 Å². The van der Waals surface area contributed by atoms with Crippen LogP contribution in [0.1, 0.15) is 45.7 Å². The van der Waals surface area contributed by atoms with Crippen LogP contribution in [0.4, 0.5) is 0 Å². The Bertz CT molecular complexity index is 682. The van der Waals surface area contributed by atoms with Crippen molar-refractivity contribution in [2.45, 2.75) is 45.7 Å². The summed E-state index contributed by atoms with van der Waals surface area (Å²) in [5, 5.41) is 14.5. The Hall–Kier alpha value is -2.88. The molecule has 0 heterocycles. The highest BCUT2D eigenvalue weighted by Crippen LogP contribution is 2.17. The number of nitrogens with one attached hydrogen (secondary N) is 2. The van der Waals surface area contributed by atoms with Crippen molar-refractivity contribution in [2.75, 3.05) is 6.61 Å². The molecule has 0 spiro atoms. The predicted molar refractivity (Wildman–Crippen MR) is 95.6 cm³/mol. The second kappa shape index (κ2) is 9.56. The molecule has 0 radical (unpaired) electrons. The molecular formula is C19H25N3O4. The van der Waals surface area contributed by atoms with Crippen LogP contribution in [-0.4, -0.2) is 29.9 Å². The number of carbonyl (C=O) groups is 3. The Morgan fingerprint density at radius 3 is 2.35 bits per heavy atom. The van der Waals surface area contributed by atoms with Crippen molar-refractivity contribution in [3.05, 3.63) is 35.9 Å². The molecule has 2 amide bonds. The molecule has 1 aromatic carbocycles. The fourth-order valence-corrected chi connectivity index (χ4v) is 2.18. The first-order chi connectivity index (χ1) is 12.2. The second-order valence-corrected chi connectivity index (χ2v) is 6.55. The molecule has 2 N–H and O–H groups in total. The predicted octanol–water partition coefficient (Wildman–Crippen LogP) is 1.85. The highest BCUT2D eigenvalue weighted by molar-refractivity contribution is 5.82. The third kappa shape index (κ3) is 6.55. The Morgan fingerprint density at radius 2 is 1.85 bits per heavy atom. The number of esters is 1. The van der Waals surface area contributed by atoms with Crippen LogP contribution >= 0.6 is 0 Å². The number of amides is 2. The molecule has 1 rings (SSSR count). The summed E-state index contributed by atoms with van der Waals surface area (Å²) in [6, 6.07) is 10.5. The van der Waals surface area contributed by atoms with Gasteiger partial charge in [0, 0.05) is 6.92 Å². The summed E-state index contributed by atoms with van der Waals surface area (Å²) in [6.07, 6.45) is -0.101. The van der Waals surface area contributed by atoms with Gasteiger partial charge in [-0.2, -0.15) is 5.26 Å². The summed E-state index contributed by atoms with van der Waals surface area (Å²) < 4.78 is 5.00. The Labute approximate surface area is 153 Å². The van der Waals surface area contributed by atoms with Gasteiger partial charge in [-0.1, -0.05) is 44.2 Å². The Kier molecular flexibility index (Phi) is 7.78. The Balaban J connectivity index is 2.62. The van der Waals surface area contributed by atoms with Gasteiger partial charge in [0.25, 0.3) is 5.91 Å². The molecule has 0 aliphatic rings. The van der Waals surface area contributed by atoms with Crippen LogP contribution in [0.25, 0.3) is 0 Å². The fraction of sp³-hybridized carbons (Fsp3) is 0.474. The molecule has 7 heteroatoms. The van der Waals surface area contributed by atoms with E-state index in [1.807, 2.05) is 19.9 Å². The summed E-state index contributed by atoms with van der Waals surface area (Å²) in [6.45, 7) is 6.12. The number of hydrogen-bond acceptors (Lipinski definition) is 5. The number of carbonyl (C=O) groups excluding carboxylic acids is 3. The smallest absolute Gasteiger partial charge is 0.308 e. The topological polar surface area (TPSA) is 108 Å². The monoisotopic (exact) mass is 359 g/mol. The van der Waals surface area contributed by atoms with E-state index in [1.54, 1.807) is 31.2 Å². The Morgan fingerprint density at radius 1 is 1.23 bits per heavy atom. The molecule has 7 nitrogen and oxygen atoms in total. The fourth-order valence-electron chi connectivity index (χ4n) is 2.18. The highest BCUT2D eigenvalue weighted by Gasteiger charge is 2.30. The first-order valence-corrected chi connectivity index (χ1v) is 8.38. The van der Waals surface area contributed by atoms with Crippen LogP contribution in [0.3, 0.4) is 0 Å². The van der Waals surface area contributed by atoms with Crippen molar-refractivity contribution < 1.29 is 19.1 Å². The van der Waals surface area contributed by atoms with E-state index in [0.29, 0.717) is 0 Å². The van der Waals surface area contributed by atoms with Gasteiger partial charge in [0.05, 0.1) is 18.5 Å². The van der Waals surface area contributed by atoms with E-state index in [-0.39, 0.29) is 18.2 Å².